The molecule has 0 heterocycles. The summed E-state index contributed by atoms with van der Waals surface area (Å²) in [6, 6.07) is 9.62. The number of hydrazine groups is 1. The molecule has 0 aliphatic heterocycles. The number of benzene rings is 1. The molecule has 0 saturated carbocycles. The Balaban J connectivity index is 2.62. The Morgan fingerprint density at radius 2 is 2.07 bits per heavy atom. The average Bonchev–Trinajstić information content (AvgIpc) is 2.29. The number of carbonyl (C=O) groups is 1. The Labute approximate surface area is 90.0 Å². The summed E-state index contributed by atoms with van der Waals surface area (Å²) in [5.41, 5.74) is 3.26. The molecule has 1 rings (SSSR count). The molecule has 0 atom stereocenters. The topological polar surface area (TPSA) is 58.4 Å². The van der Waals surface area contributed by atoms with Gasteiger partial charge in [-0.3, -0.25) is 5.43 Å². The maximum absolute atomic E-state index is 11.4. The molecule has 1 aromatic rings. The molecule has 2 amide bonds. The third-order valence-electron chi connectivity index (χ3n) is 2.12. The summed E-state index contributed by atoms with van der Waals surface area (Å²) in [5.74, 6) is 5.12. The second-order valence-electron chi connectivity index (χ2n) is 3.36. The summed E-state index contributed by atoms with van der Waals surface area (Å²) in [7, 11) is 0. The molecule has 0 aliphatic rings. The van der Waals surface area contributed by atoms with E-state index in [0.29, 0.717) is 13.1 Å². The van der Waals surface area contributed by atoms with Crippen LogP contribution in [0.4, 0.5) is 4.79 Å². The van der Waals surface area contributed by atoms with Crippen LogP contribution in [-0.4, -0.2) is 17.5 Å². The highest BCUT2D eigenvalue weighted by Crippen LogP contribution is 2.04. The highest BCUT2D eigenvalue weighted by molar-refractivity contribution is 5.73. The minimum Gasteiger partial charge on any atom is -0.319 e. The van der Waals surface area contributed by atoms with Crippen molar-refractivity contribution >= 4 is 6.03 Å². The van der Waals surface area contributed by atoms with E-state index in [0.717, 1.165) is 12.0 Å². The normalized spacial score (nSPS) is 9.73. The van der Waals surface area contributed by atoms with Crippen molar-refractivity contribution in [2.75, 3.05) is 6.54 Å². The summed E-state index contributed by atoms with van der Waals surface area (Å²) in [6.07, 6.45) is 0.917. The van der Waals surface area contributed by atoms with Gasteiger partial charge >= 0.3 is 6.03 Å². The molecule has 0 unspecified atom stereocenters. The Morgan fingerprint density at radius 1 is 1.40 bits per heavy atom. The summed E-state index contributed by atoms with van der Waals surface area (Å²) in [6.45, 7) is 3.33. The largest absolute Gasteiger partial charge is 0.331 e. The number of hydrogen-bond acceptors (Lipinski definition) is 2. The molecule has 3 N–H and O–H groups in total. The van der Waals surface area contributed by atoms with E-state index in [1.807, 2.05) is 37.3 Å². The molecule has 4 nitrogen and oxygen atoms in total. The molecule has 0 aliphatic carbocycles. The summed E-state index contributed by atoms with van der Waals surface area (Å²) in [4.78, 5) is 13.1. The van der Waals surface area contributed by atoms with Gasteiger partial charge in [-0.15, -0.1) is 0 Å². The minimum atomic E-state index is -0.235. The second-order valence-corrected chi connectivity index (χ2v) is 3.36. The van der Waals surface area contributed by atoms with Crippen molar-refractivity contribution in [1.82, 2.24) is 10.3 Å². The van der Waals surface area contributed by atoms with E-state index in [9.17, 15) is 4.79 Å². The zero-order chi connectivity index (χ0) is 11.1. The summed E-state index contributed by atoms with van der Waals surface area (Å²) in [5, 5.41) is 0. The minimum absolute atomic E-state index is 0.235. The first-order valence-electron chi connectivity index (χ1n) is 5.07. The van der Waals surface area contributed by atoms with Gasteiger partial charge < -0.3 is 4.90 Å². The van der Waals surface area contributed by atoms with Gasteiger partial charge in [-0.1, -0.05) is 37.3 Å². The lowest BCUT2D eigenvalue weighted by Gasteiger charge is -2.21. The SMILES string of the molecule is CCCN(Cc1ccccc1)C(=O)NN. The van der Waals surface area contributed by atoms with Gasteiger partial charge in [0.1, 0.15) is 0 Å². The molecular formula is C11H17N3O. The van der Waals surface area contributed by atoms with Crippen molar-refractivity contribution in [1.29, 1.82) is 0 Å². The second kappa shape index (κ2) is 6.03. The van der Waals surface area contributed by atoms with Crippen molar-refractivity contribution in [3.8, 4) is 0 Å². The molecule has 0 fully saturated rings. The number of carbonyl (C=O) groups excluding carboxylic acids is 1. The summed E-state index contributed by atoms with van der Waals surface area (Å²) >= 11 is 0. The van der Waals surface area contributed by atoms with E-state index in [-0.39, 0.29) is 6.03 Å². The fraction of sp³-hybridized carbons (Fsp3) is 0.364. The Kier molecular flexibility index (Phi) is 4.63. The molecule has 4 heteroatoms. The van der Waals surface area contributed by atoms with E-state index < -0.39 is 0 Å². The third kappa shape index (κ3) is 3.59. The molecule has 0 spiro atoms. The number of rotatable bonds is 4. The highest BCUT2D eigenvalue weighted by atomic mass is 16.2. The monoisotopic (exact) mass is 207 g/mol. The quantitative estimate of drug-likeness (QED) is 0.446. The fourth-order valence-electron chi connectivity index (χ4n) is 1.42. The van der Waals surface area contributed by atoms with Crippen LogP contribution in [0.3, 0.4) is 0 Å². The van der Waals surface area contributed by atoms with Gasteiger partial charge in [0.2, 0.25) is 0 Å². The predicted octanol–water partition coefficient (Wildman–Crippen LogP) is 1.48. The number of nitrogens with two attached hydrogens (primary N) is 1. The van der Waals surface area contributed by atoms with Crippen LogP contribution >= 0.6 is 0 Å². The Morgan fingerprint density at radius 3 is 2.60 bits per heavy atom. The van der Waals surface area contributed by atoms with Crippen LogP contribution in [0.2, 0.25) is 0 Å². The van der Waals surface area contributed by atoms with Crippen molar-refractivity contribution in [3.63, 3.8) is 0 Å². The average molecular weight is 207 g/mol. The molecule has 1 aromatic carbocycles. The molecular weight excluding hydrogens is 190 g/mol. The van der Waals surface area contributed by atoms with Crippen molar-refractivity contribution in [2.45, 2.75) is 19.9 Å². The van der Waals surface area contributed by atoms with Crippen LogP contribution in [0.5, 0.6) is 0 Å². The van der Waals surface area contributed by atoms with Gasteiger partial charge in [0.15, 0.2) is 0 Å². The van der Waals surface area contributed by atoms with E-state index >= 15 is 0 Å². The third-order valence-corrected chi connectivity index (χ3v) is 2.12. The van der Waals surface area contributed by atoms with Crippen LogP contribution in [0.15, 0.2) is 30.3 Å². The van der Waals surface area contributed by atoms with Crippen LogP contribution < -0.4 is 11.3 Å². The van der Waals surface area contributed by atoms with E-state index in [2.05, 4.69) is 5.43 Å². The standard InChI is InChI=1S/C11H17N3O/c1-2-8-14(11(15)13-12)9-10-6-4-3-5-7-10/h3-7H,2,8-9,12H2,1H3,(H,13,15). The smallest absolute Gasteiger partial charge is 0.319 e. The van der Waals surface area contributed by atoms with E-state index in [1.54, 1.807) is 4.90 Å². The van der Waals surface area contributed by atoms with Crippen molar-refractivity contribution in [2.24, 2.45) is 5.84 Å². The highest BCUT2D eigenvalue weighted by Gasteiger charge is 2.10. The lowest BCUT2D eigenvalue weighted by molar-refractivity contribution is 0.195. The Hall–Kier alpha value is -1.55. The van der Waals surface area contributed by atoms with Crippen LogP contribution in [0.25, 0.3) is 0 Å². The fourth-order valence-corrected chi connectivity index (χ4v) is 1.42. The van der Waals surface area contributed by atoms with Gasteiger partial charge in [0, 0.05) is 13.1 Å². The molecule has 15 heavy (non-hydrogen) atoms. The van der Waals surface area contributed by atoms with Gasteiger partial charge in [0.25, 0.3) is 0 Å². The molecule has 0 aromatic heterocycles. The van der Waals surface area contributed by atoms with Crippen LogP contribution in [0, 0.1) is 0 Å². The molecule has 0 radical (unpaired) electrons. The van der Waals surface area contributed by atoms with E-state index in [1.165, 1.54) is 0 Å². The lowest BCUT2D eigenvalue weighted by atomic mass is 10.2. The maximum Gasteiger partial charge on any atom is 0.331 e. The van der Waals surface area contributed by atoms with Crippen molar-refractivity contribution < 1.29 is 4.79 Å². The number of urea groups is 1. The first-order chi connectivity index (χ1) is 7.27. The number of hydrogen-bond donors (Lipinski definition) is 2. The van der Waals surface area contributed by atoms with Crippen LogP contribution in [0.1, 0.15) is 18.9 Å². The van der Waals surface area contributed by atoms with E-state index in [4.69, 9.17) is 5.84 Å². The van der Waals surface area contributed by atoms with Gasteiger partial charge in [0.05, 0.1) is 0 Å². The van der Waals surface area contributed by atoms with Gasteiger partial charge in [-0.2, -0.15) is 0 Å². The number of nitrogens with zero attached hydrogens (tertiary/aromatic N) is 1. The Bertz CT molecular complexity index is 300. The number of nitrogens with one attached hydrogen (secondary N) is 1. The molecule has 82 valence electrons. The maximum atomic E-state index is 11.4. The molecule has 0 bridgehead atoms. The first kappa shape index (κ1) is 11.5. The summed E-state index contributed by atoms with van der Waals surface area (Å²) < 4.78 is 0. The zero-order valence-corrected chi connectivity index (χ0v) is 8.94. The predicted molar refractivity (Wildman–Crippen MR) is 59.9 cm³/mol. The van der Waals surface area contributed by atoms with Gasteiger partial charge in [-0.25, -0.2) is 10.6 Å². The van der Waals surface area contributed by atoms with Crippen LogP contribution in [-0.2, 0) is 6.54 Å². The molecule has 0 saturated heterocycles. The zero-order valence-electron chi connectivity index (χ0n) is 8.94. The van der Waals surface area contributed by atoms with Crippen molar-refractivity contribution in [3.05, 3.63) is 35.9 Å². The lowest BCUT2D eigenvalue weighted by Crippen LogP contribution is -2.43. The van der Waals surface area contributed by atoms with Gasteiger partial charge in [-0.05, 0) is 12.0 Å². The first-order valence-corrected chi connectivity index (χ1v) is 5.07. The number of amides is 2.